The summed E-state index contributed by atoms with van der Waals surface area (Å²) in [6.45, 7) is 12.6. The Hall–Kier alpha value is -1.20. The molecule has 1 aromatic rings. The van der Waals surface area contributed by atoms with Crippen molar-refractivity contribution in [2.24, 2.45) is 0 Å². The SMILES string of the molecule is CC1(C)CCNc2ccc(C#C[Si](C)(C)C)cc21. The standard InChI is InChI=1S/C16H23NSi/c1-16(2)9-10-17-15-7-6-13(12-14(15)16)8-11-18(3,4)5/h6-7,12,17H,9-10H2,1-5H3. The average Bonchev–Trinajstić information content (AvgIpc) is 2.25. The molecular weight excluding hydrogens is 234 g/mol. The van der Waals surface area contributed by atoms with Crippen LogP contribution >= 0.6 is 0 Å². The molecule has 1 aromatic carbocycles. The summed E-state index contributed by atoms with van der Waals surface area (Å²) in [6.07, 6.45) is 1.19. The molecule has 2 rings (SSSR count). The Morgan fingerprint density at radius 3 is 2.61 bits per heavy atom. The van der Waals surface area contributed by atoms with Gasteiger partial charge in [0.05, 0.1) is 0 Å². The molecule has 0 aliphatic carbocycles. The molecule has 0 fully saturated rings. The van der Waals surface area contributed by atoms with Gasteiger partial charge in [-0.05, 0) is 35.6 Å². The maximum atomic E-state index is 3.48. The molecule has 2 heteroatoms. The van der Waals surface area contributed by atoms with Gasteiger partial charge in [-0.3, -0.25) is 0 Å². The van der Waals surface area contributed by atoms with E-state index in [1.54, 1.807) is 0 Å². The topological polar surface area (TPSA) is 12.0 Å². The second-order valence-corrected chi connectivity index (χ2v) is 11.6. The van der Waals surface area contributed by atoms with Crippen LogP contribution in [0, 0.1) is 11.5 Å². The van der Waals surface area contributed by atoms with Crippen LogP contribution in [0.4, 0.5) is 5.69 Å². The zero-order valence-electron chi connectivity index (χ0n) is 12.1. The monoisotopic (exact) mass is 257 g/mol. The van der Waals surface area contributed by atoms with Gasteiger partial charge in [-0.25, -0.2) is 0 Å². The smallest absolute Gasteiger partial charge is 0.129 e. The lowest BCUT2D eigenvalue weighted by Crippen LogP contribution is -2.28. The molecule has 0 saturated heterocycles. The van der Waals surface area contributed by atoms with Crippen LogP contribution in [0.25, 0.3) is 0 Å². The minimum Gasteiger partial charge on any atom is -0.385 e. The molecule has 0 atom stereocenters. The molecule has 1 heterocycles. The number of nitrogens with one attached hydrogen (secondary N) is 1. The van der Waals surface area contributed by atoms with Crippen LogP contribution in [0.15, 0.2) is 18.2 Å². The van der Waals surface area contributed by atoms with Crippen LogP contribution in [0.5, 0.6) is 0 Å². The number of benzene rings is 1. The van der Waals surface area contributed by atoms with Gasteiger partial charge < -0.3 is 5.32 Å². The highest BCUT2D eigenvalue weighted by Gasteiger charge is 2.27. The van der Waals surface area contributed by atoms with Gasteiger partial charge in [-0.2, -0.15) is 0 Å². The summed E-state index contributed by atoms with van der Waals surface area (Å²) in [5.74, 6) is 3.36. The quantitative estimate of drug-likeness (QED) is 0.547. The third-order valence-electron chi connectivity index (χ3n) is 3.40. The Morgan fingerprint density at radius 1 is 1.22 bits per heavy atom. The predicted octanol–water partition coefficient (Wildman–Crippen LogP) is 4.01. The van der Waals surface area contributed by atoms with E-state index in [4.69, 9.17) is 0 Å². The molecule has 1 N–H and O–H groups in total. The molecule has 0 saturated carbocycles. The number of fused-ring (bicyclic) bond motifs is 1. The predicted molar refractivity (Wildman–Crippen MR) is 82.8 cm³/mol. The first-order valence-corrected chi connectivity index (χ1v) is 10.2. The van der Waals surface area contributed by atoms with Crippen molar-refractivity contribution >= 4 is 13.8 Å². The summed E-state index contributed by atoms with van der Waals surface area (Å²) in [7, 11) is -1.29. The van der Waals surface area contributed by atoms with E-state index < -0.39 is 8.07 Å². The van der Waals surface area contributed by atoms with Crippen LogP contribution in [0.2, 0.25) is 19.6 Å². The lowest BCUT2D eigenvalue weighted by atomic mass is 9.78. The third kappa shape index (κ3) is 2.97. The van der Waals surface area contributed by atoms with Crippen LogP contribution in [0.3, 0.4) is 0 Å². The van der Waals surface area contributed by atoms with Gasteiger partial charge in [0.15, 0.2) is 0 Å². The molecule has 0 unspecified atom stereocenters. The van der Waals surface area contributed by atoms with Crippen molar-refractivity contribution in [1.82, 2.24) is 0 Å². The molecular formula is C16H23NSi. The summed E-state index contributed by atoms with van der Waals surface area (Å²) < 4.78 is 0. The third-order valence-corrected chi connectivity index (χ3v) is 4.27. The van der Waals surface area contributed by atoms with Crippen molar-refractivity contribution in [3.8, 4) is 11.5 Å². The Bertz CT molecular complexity index is 512. The second kappa shape index (κ2) is 4.48. The number of hydrogen-bond acceptors (Lipinski definition) is 1. The maximum Gasteiger partial charge on any atom is 0.129 e. The minimum absolute atomic E-state index is 0.261. The maximum absolute atomic E-state index is 3.48. The van der Waals surface area contributed by atoms with Crippen molar-refractivity contribution in [3.05, 3.63) is 29.3 Å². The average molecular weight is 257 g/mol. The van der Waals surface area contributed by atoms with Gasteiger partial charge in [0.25, 0.3) is 0 Å². The largest absolute Gasteiger partial charge is 0.385 e. The Morgan fingerprint density at radius 2 is 1.94 bits per heavy atom. The van der Waals surface area contributed by atoms with E-state index in [0.717, 1.165) is 12.1 Å². The summed E-state index contributed by atoms with van der Waals surface area (Å²) in [5.41, 5.74) is 7.56. The van der Waals surface area contributed by atoms with Crippen LogP contribution in [-0.2, 0) is 5.41 Å². The Kier molecular flexibility index (Phi) is 3.29. The molecule has 1 nitrogen and oxygen atoms in total. The van der Waals surface area contributed by atoms with E-state index in [1.807, 2.05) is 0 Å². The van der Waals surface area contributed by atoms with Gasteiger partial charge in [0.2, 0.25) is 0 Å². The number of anilines is 1. The van der Waals surface area contributed by atoms with Gasteiger partial charge >= 0.3 is 0 Å². The highest BCUT2D eigenvalue weighted by atomic mass is 28.3. The van der Waals surface area contributed by atoms with E-state index in [9.17, 15) is 0 Å². The zero-order valence-corrected chi connectivity index (χ0v) is 13.1. The van der Waals surface area contributed by atoms with Crippen molar-refractivity contribution in [2.45, 2.75) is 45.3 Å². The van der Waals surface area contributed by atoms with Crippen LogP contribution < -0.4 is 5.32 Å². The summed E-state index contributed by atoms with van der Waals surface area (Å²) in [6, 6.07) is 6.60. The first-order valence-electron chi connectivity index (χ1n) is 6.70. The summed E-state index contributed by atoms with van der Waals surface area (Å²) in [5, 5.41) is 3.48. The zero-order chi connectivity index (χ0) is 13.4. The lowest BCUT2D eigenvalue weighted by Gasteiger charge is -2.33. The van der Waals surface area contributed by atoms with Crippen molar-refractivity contribution in [3.63, 3.8) is 0 Å². The Labute approximate surface area is 112 Å². The fourth-order valence-corrected chi connectivity index (χ4v) is 2.76. The van der Waals surface area contributed by atoms with E-state index in [2.05, 4.69) is 68.5 Å². The van der Waals surface area contributed by atoms with Gasteiger partial charge in [0.1, 0.15) is 8.07 Å². The lowest BCUT2D eigenvalue weighted by molar-refractivity contribution is 0.482. The van der Waals surface area contributed by atoms with Crippen molar-refractivity contribution in [1.29, 1.82) is 0 Å². The molecule has 18 heavy (non-hydrogen) atoms. The molecule has 0 bridgehead atoms. The van der Waals surface area contributed by atoms with Crippen molar-refractivity contribution < 1.29 is 0 Å². The fraction of sp³-hybridized carbons (Fsp3) is 0.500. The fourth-order valence-electron chi connectivity index (χ4n) is 2.24. The van der Waals surface area contributed by atoms with E-state index in [-0.39, 0.29) is 5.41 Å². The number of hydrogen-bond donors (Lipinski definition) is 1. The highest BCUT2D eigenvalue weighted by Crippen LogP contribution is 2.36. The van der Waals surface area contributed by atoms with Crippen LogP contribution in [0.1, 0.15) is 31.4 Å². The van der Waals surface area contributed by atoms with Gasteiger partial charge in [-0.15, -0.1) is 5.54 Å². The molecule has 1 aliphatic heterocycles. The molecule has 96 valence electrons. The van der Waals surface area contributed by atoms with E-state index >= 15 is 0 Å². The first kappa shape index (κ1) is 13.2. The number of rotatable bonds is 0. The van der Waals surface area contributed by atoms with Crippen LogP contribution in [-0.4, -0.2) is 14.6 Å². The summed E-state index contributed by atoms with van der Waals surface area (Å²) >= 11 is 0. The normalized spacial score (nSPS) is 17.2. The van der Waals surface area contributed by atoms with E-state index in [1.165, 1.54) is 17.7 Å². The molecule has 0 spiro atoms. The molecule has 1 aliphatic rings. The van der Waals surface area contributed by atoms with Gasteiger partial charge in [0, 0.05) is 17.8 Å². The molecule has 0 radical (unpaired) electrons. The molecule has 0 amide bonds. The highest BCUT2D eigenvalue weighted by molar-refractivity contribution is 6.83. The van der Waals surface area contributed by atoms with E-state index in [0.29, 0.717) is 0 Å². The minimum atomic E-state index is -1.29. The van der Waals surface area contributed by atoms with Gasteiger partial charge in [-0.1, -0.05) is 39.4 Å². The Balaban J connectivity index is 2.39. The summed E-state index contributed by atoms with van der Waals surface area (Å²) in [4.78, 5) is 0. The second-order valence-electron chi connectivity index (χ2n) is 6.82. The van der Waals surface area contributed by atoms with Crippen molar-refractivity contribution in [2.75, 3.05) is 11.9 Å². The first-order chi connectivity index (χ1) is 8.28. The molecule has 0 aromatic heterocycles.